The van der Waals surface area contributed by atoms with Crippen LogP contribution in [-0.2, 0) is 4.74 Å². The predicted octanol–water partition coefficient (Wildman–Crippen LogP) is 4.39. The molecule has 2 heteroatoms. The van der Waals surface area contributed by atoms with E-state index in [4.69, 9.17) is 4.74 Å². The second-order valence-corrected chi connectivity index (χ2v) is 5.56. The number of ether oxygens (including phenoxy) is 1. The molecule has 0 saturated heterocycles. The molecule has 0 amide bonds. The van der Waals surface area contributed by atoms with Crippen molar-refractivity contribution in [2.45, 2.75) is 77.7 Å². The van der Waals surface area contributed by atoms with Gasteiger partial charge in [0.25, 0.3) is 0 Å². The van der Waals surface area contributed by atoms with Crippen LogP contribution < -0.4 is 5.32 Å². The van der Waals surface area contributed by atoms with Gasteiger partial charge in [-0.2, -0.15) is 0 Å². The van der Waals surface area contributed by atoms with E-state index in [-0.39, 0.29) is 0 Å². The Morgan fingerprint density at radius 1 is 0.944 bits per heavy atom. The fourth-order valence-corrected chi connectivity index (χ4v) is 2.54. The van der Waals surface area contributed by atoms with Crippen LogP contribution >= 0.6 is 0 Å². The standard InChI is InChI=1S/C16H35NO/c1-5-6-7-8-9-10-11-12-16(17-3)15(2)13-14-18-4/h15-17H,5-14H2,1-4H3. The van der Waals surface area contributed by atoms with Crippen molar-refractivity contribution in [2.24, 2.45) is 5.92 Å². The first-order chi connectivity index (χ1) is 8.76. The van der Waals surface area contributed by atoms with Crippen LogP contribution in [0.15, 0.2) is 0 Å². The second-order valence-electron chi connectivity index (χ2n) is 5.56. The highest BCUT2D eigenvalue weighted by Gasteiger charge is 2.14. The third-order valence-corrected chi connectivity index (χ3v) is 3.95. The maximum absolute atomic E-state index is 5.16. The molecule has 1 N–H and O–H groups in total. The summed E-state index contributed by atoms with van der Waals surface area (Å²) >= 11 is 0. The van der Waals surface area contributed by atoms with Crippen molar-refractivity contribution >= 4 is 0 Å². The first-order valence-electron chi connectivity index (χ1n) is 7.92. The van der Waals surface area contributed by atoms with Crippen molar-refractivity contribution in [2.75, 3.05) is 20.8 Å². The Balaban J connectivity index is 3.48. The third kappa shape index (κ3) is 9.90. The van der Waals surface area contributed by atoms with Crippen molar-refractivity contribution in [3.63, 3.8) is 0 Å². The lowest BCUT2D eigenvalue weighted by atomic mass is 9.93. The van der Waals surface area contributed by atoms with E-state index >= 15 is 0 Å². The molecule has 0 rings (SSSR count). The average Bonchev–Trinajstić information content (AvgIpc) is 2.39. The number of methoxy groups -OCH3 is 1. The van der Waals surface area contributed by atoms with Crippen LogP contribution in [0.3, 0.4) is 0 Å². The molecule has 0 aliphatic heterocycles. The SMILES string of the molecule is CCCCCCCCCC(NC)C(C)CCOC. The van der Waals surface area contributed by atoms with Crippen LogP contribution in [0.1, 0.15) is 71.6 Å². The van der Waals surface area contributed by atoms with Gasteiger partial charge < -0.3 is 10.1 Å². The second kappa shape index (κ2) is 13.4. The van der Waals surface area contributed by atoms with Gasteiger partial charge in [0.1, 0.15) is 0 Å². The monoisotopic (exact) mass is 257 g/mol. The van der Waals surface area contributed by atoms with Crippen molar-refractivity contribution in [1.29, 1.82) is 0 Å². The molecule has 2 nitrogen and oxygen atoms in total. The molecule has 0 spiro atoms. The van der Waals surface area contributed by atoms with Gasteiger partial charge in [0, 0.05) is 19.8 Å². The molecule has 2 unspecified atom stereocenters. The van der Waals surface area contributed by atoms with E-state index in [9.17, 15) is 0 Å². The van der Waals surface area contributed by atoms with Crippen molar-refractivity contribution in [1.82, 2.24) is 5.32 Å². The van der Waals surface area contributed by atoms with Crippen LogP contribution in [0.5, 0.6) is 0 Å². The number of rotatable bonds is 13. The van der Waals surface area contributed by atoms with Crippen LogP contribution in [-0.4, -0.2) is 26.8 Å². The van der Waals surface area contributed by atoms with Gasteiger partial charge in [-0.1, -0.05) is 58.8 Å². The summed E-state index contributed by atoms with van der Waals surface area (Å²) < 4.78 is 5.16. The van der Waals surface area contributed by atoms with E-state index in [2.05, 4.69) is 26.2 Å². The van der Waals surface area contributed by atoms with Crippen molar-refractivity contribution in [3.05, 3.63) is 0 Å². The summed E-state index contributed by atoms with van der Waals surface area (Å²) in [6.45, 7) is 5.50. The summed E-state index contributed by atoms with van der Waals surface area (Å²) in [7, 11) is 3.88. The van der Waals surface area contributed by atoms with E-state index in [1.54, 1.807) is 7.11 Å². The van der Waals surface area contributed by atoms with Gasteiger partial charge in [0.15, 0.2) is 0 Å². The van der Waals surface area contributed by atoms with E-state index in [1.165, 1.54) is 57.8 Å². The molecule has 0 saturated carbocycles. The van der Waals surface area contributed by atoms with Crippen LogP contribution in [0.4, 0.5) is 0 Å². The first kappa shape index (κ1) is 17.9. The number of hydrogen-bond acceptors (Lipinski definition) is 2. The van der Waals surface area contributed by atoms with Crippen LogP contribution in [0.2, 0.25) is 0 Å². The highest BCUT2D eigenvalue weighted by Crippen LogP contribution is 2.16. The summed E-state index contributed by atoms with van der Waals surface area (Å²) in [4.78, 5) is 0. The molecular formula is C16H35NO. The minimum absolute atomic E-state index is 0.663. The lowest BCUT2D eigenvalue weighted by Gasteiger charge is -2.23. The summed E-state index contributed by atoms with van der Waals surface area (Å²) in [5, 5.41) is 3.47. The normalized spacial score (nSPS) is 14.7. The zero-order chi connectivity index (χ0) is 13.6. The molecule has 0 aromatic heterocycles. The van der Waals surface area contributed by atoms with E-state index in [0.717, 1.165) is 12.5 Å². The molecule has 18 heavy (non-hydrogen) atoms. The van der Waals surface area contributed by atoms with Crippen LogP contribution in [0.25, 0.3) is 0 Å². The molecule has 0 radical (unpaired) electrons. The minimum Gasteiger partial charge on any atom is -0.385 e. The molecule has 110 valence electrons. The fraction of sp³-hybridized carbons (Fsp3) is 1.00. The molecule has 0 aliphatic rings. The number of unbranched alkanes of at least 4 members (excludes halogenated alkanes) is 6. The Kier molecular flexibility index (Phi) is 13.3. The predicted molar refractivity (Wildman–Crippen MR) is 81.1 cm³/mol. The maximum atomic E-state index is 5.16. The summed E-state index contributed by atoms with van der Waals surface area (Å²) in [5.41, 5.74) is 0. The number of nitrogens with one attached hydrogen (secondary N) is 1. The first-order valence-corrected chi connectivity index (χ1v) is 7.92. The maximum Gasteiger partial charge on any atom is 0.0465 e. The Bertz CT molecular complexity index is 161. The smallest absolute Gasteiger partial charge is 0.0465 e. The number of hydrogen-bond donors (Lipinski definition) is 1. The average molecular weight is 257 g/mol. The Labute approximate surface area is 115 Å². The lowest BCUT2D eigenvalue weighted by molar-refractivity contribution is 0.169. The zero-order valence-corrected chi connectivity index (χ0v) is 13.1. The fourth-order valence-electron chi connectivity index (χ4n) is 2.54. The molecule has 0 bridgehead atoms. The Hall–Kier alpha value is -0.0800. The summed E-state index contributed by atoms with van der Waals surface area (Å²) in [6.07, 6.45) is 12.3. The van der Waals surface area contributed by atoms with E-state index in [0.29, 0.717) is 6.04 Å². The Morgan fingerprint density at radius 3 is 2.11 bits per heavy atom. The largest absolute Gasteiger partial charge is 0.385 e. The van der Waals surface area contributed by atoms with Gasteiger partial charge in [-0.25, -0.2) is 0 Å². The van der Waals surface area contributed by atoms with Gasteiger partial charge in [-0.3, -0.25) is 0 Å². The third-order valence-electron chi connectivity index (χ3n) is 3.95. The summed E-state index contributed by atoms with van der Waals surface area (Å²) in [6, 6.07) is 0.663. The zero-order valence-electron chi connectivity index (χ0n) is 13.1. The van der Waals surface area contributed by atoms with Crippen LogP contribution in [0, 0.1) is 5.92 Å². The minimum atomic E-state index is 0.663. The van der Waals surface area contributed by atoms with Gasteiger partial charge in [0.05, 0.1) is 0 Å². The van der Waals surface area contributed by atoms with Crippen molar-refractivity contribution < 1.29 is 4.74 Å². The topological polar surface area (TPSA) is 21.3 Å². The van der Waals surface area contributed by atoms with E-state index in [1.807, 2.05) is 0 Å². The molecular weight excluding hydrogens is 222 g/mol. The molecule has 0 heterocycles. The lowest BCUT2D eigenvalue weighted by Crippen LogP contribution is -2.32. The molecule has 0 aromatic rings. The summed E-state index contributed by atoms with van der Waals surface area (Å²) in [5.74, 6) is 0.718. The highest BCUT2D eigenvalue weighted by atomic mass is 16.5. The van der Waals surface area contributed by atoms with E-state index < -0.39 is 0 Å². The Morgan fingerprint density at radius 2 is 1.56 bits per heavy atom. The van der Waals surface area contributed by atoms with Gasteiger partial charge in [-0.05, 0) is 25.8 Å². The van der Waals surface area contributed by atoms with Crippen molar-refractivity contribution in [3.8, 4) is 0 Å². The molecule has 2 atom stereocenters. The molecule has 0 aliphatic carbocycles. The molecule has 0 aromatic carbocycles. The van der Waals surface area contributed by atoms with Gasteiger partial charge >= 0.3 is 0 Å². The van der Waals surface area contributed by atoms with Gasteiger partial charge in [-0.15, -0.1) is 0 Å². The molecule has 0 fully saturated rings. The van der Waals surface area contributed by atoms with Gasteiger partial charge in [0.2, 0.25) is 0 Å². The quantitative estimate of drug-likeness (QED) is 0.494. The highest BCUT2D eigenvalue weighted by molar-refractivity contribution is 4.71.